The molecule has 0 aromatic heterocycles. The van der Waals surface area contributed by atoms with E-state index in [4.69, 9.17) is 9.47 Å². The zero-order valence-corrected chi connectivity index (χ0v) is 11.3. The van der Waals surface area contributed by atoms with Gasteiger partial charge in [0.05, 0.1) is 12.6 Å². The second-order valence-electron chi connectivity index (χ2n) is 4.06. The lowest BCUT2D eigenvalue weighted by molar-refractivity contribution is -0.176. The third kappa shape index (κ3) is 5.38. The van der Waals surface area contributed by atoms with Crippen molar-refractivity contribution in [3.63, 3.8) is 0 Å². The minimum atomic E-state index is -0.743. The molecule has 0 aromatic carbocycles. The van der Waals surface area contributed by atoms with Crippen LogP contribution >= 0.6 is 0 Å². The van der Waals surface area contributed by atoms with Crippen LogP contribution in [0.3, 0.4) is 0 Å². The average Bonchev–Trinajstić information content (AvgIpc) is 2.31. The van der Waals surface area contributed by atoms with Gasteiger partial charge in [-0.25, -0.2) is 0 Å². The highest BCUT2D eigenvalue weighted by molar-refractivity contribution is 4.90. The van der Waals surface area contributed by atoms with Gasteiger partial charge >= 0.3 is 0 Å². The van der Waals surface area contributed by atoms with E-state index in [1.165, 1.54) is 6.26 Å². The van der Waals surface area contributed by atoms with Crippen LogP contribution in [0.1, 0.15) is 13.3 Å². The molecular weight excluding hydrogens is 234 g/mol. The number of hydrogen-bond donors (Lipinski definition) is 2. The summed E-state index contributed by atoms with van der Waals surface area (Å²) in [6.45, 7) is 8.56. The summed E-state index contributed by atoms with van der Waals surface area (Å²) in [6, 6.07) is -0.372. The van der Waals surface area contributed by atoms with Gasteiger partial charge in [0.25, 0.3) is 0 Å². The van der Waals surface area contributed by atoms with Gasteiger partial charge in [-0.2, -0.15) is 0 Å². The van der Waals surface area contributed by atoms with E-state index < -0.39 is 12.4 Å². The highest BCUT2D eigenvalue weighted by atomic mass is 16.7. The zero-order chi connectivity index (χ0) is 14.1. The summed E-state index contributed by atoms with van der Waals surface area (Å²) in [6.07, 6.45) is 0.540. The van der Waals surface area contributed by atoms with Crippen molar-refractivity contribution >= 4 is 0 Å². The highest BCUT2D eigenvalue weighted by Gasteiger charge is 2.28. The molecular formula is C13H23NO4. The van der Waals surface area contributed by atoms with Crippen LogP contribution in [-0.2, 0) is 9.47 Å². The molecule has 0 spiro atoms. The Labute approximate surface area is 109 Å². The monoisotopic (exact) mass is 257 g/mol. The maximum absolute atomic E-state index is 9.39. The van der Waals surface area contributed by atoms with Crippen LogP contribution in [-0.4, -0.2) is 54.3 Å². The molecule has 0 saturated carbocycles. The van der Waals surface area contributed by atoms with Crippen molar-refractivity contribution in [1.82, 2.24) is 4.90 Å². The fourth-order valence-electron chi connectivity index (χ4n) is 1.39. The molecule has 18 heavy (non-hydrogen) atoms. The molecule has 0 bridgehead atoms. The number of likely N-dealkylation sites (N-methyl/N-ethyl adjacent to an activating group) is 1. The van der Waals surface area contributed by atoms with E-state index in [1.54, 1.807) is 19.0 Å². The molecule has 0 aliphatic carbocycles. The molecule has 5 heteroatoms. The smallest absolute Gasteiger partial charge is 0.218 e. The molecule has 0 aromatic rings. The van der Waals surface area contributed by atoms with E-state index in [1.807, 2.05) is 6.92 Å². The Bertz CT molecular complexity index is 297. The molecule has 0 rings (SSSR count). The van der Waals surface area contributed by atoms with Gasteiger partial charge < -0.3 is 19.7 Å². The predicted octanol–water partition coefficient (Wildman–Crippen LogP) is 1.42. The van der Waals surface area contributed by atoms with Crippen LogP contribution in [0.2, 0.25) is 0 Å². The van der Waals surface area contributed by atoms with Gasteiger partial charge in [-0.1, -0.05) is 25.8 Å². The Morgan fingerprint density at radius 2 is 2.11 bits per heavy atom. The van der Waals surface area contributed by atoms with E-state index in [0.717, 1.165) is 0 Å². The quantitative estimate of drug-likeness (QED) is 0.371. The van der Waals surface area contributed by atoms with Crippen molar-refractivity contribution in [3.05, 3.63) is 30.9 Å². The number of ether oxygens (including phenoxy) is 2. The van der Waals surface area contributed by atoms with Crippen LogP contribution < -0.4 is 0 Å². The van der Waals surface area contributed by atoms with Gasteiger partial charge in [-0.15, -0.1) is 0 Å². The van der Waals surface area contributed by atoms with E-state index in [2.05, 4.69) is 18.9 Å². The molecule has 5 nitrogen and oxygen atoms in total. The first-order valence-electron chi connectivity index (χ1n) is 5.78. The average molecular weight is 257 g/mol. The molecule has 0 heterocycles. The molecule has 3 unspecified atom stereocenters. The number of hydrogen-bond acceptors (Lipinski definition) is 5. The van der Waals surface area contributed by atoms with Crippen molar-refractivity contribution in [3.8, 4) is 0 Å². The fraction of sp³-hybridized carbons (Fsp3) is 0.615. The molecule has 3 atom stereocenters. The Morgan fingerprint density at radius 3 is 2.44 bits per heavy atom. The third-order valence-corrected chi connectivity index (χ3v) is 2.49. The van der Waals surface area contributed by atoms with Gasteiger partial charge in [-0.3, -0.25) is 4.90 Å². The van der Waals surface area contributed by atoms with Crippen LogP contribution in [0, 0.1) is 0 Å². The number of nitrogens with zero attached hydrogens (tertiary/aromatic N) is 1. The molecule has 0 amide bonds. The normalized spacial score (nSPS) is 15.6. The van der Waals surface area contributed by atoms with Gasteiger partial charge in [-0.05, 0) is 20.5 Å². The van der Waals surface area contributed by atoms with Crippen LogP contribution in [0.5, 0.6) is 0 Å². The number of rotatable bonds is 9. The number of aliphatic hydroxyl groups is 2. The van der Waals surface area contributed by atoms with Crippen molar-refractivity contribution < 1.29 is 19.7 Å². The largest absolute Gasteiger partial charge is 0.510 e. The molecule has 0 aliphatic rings. The second kappa shape index (κ2) is 8.78. The summed E-state index contributed by atoms with van der Waals surface area (Å²) in [7, 11) is 3.60. The van der Waals surface area contributed by atoms with Crippen molar-refractivity contribution in [2.75, 3.05) is 20.7 Å². The van der Waals surface area contributed by atoms with Gasteiger partial charge in [0.2, 0.25) is 6.29 Å². The summed E-state index contributed by atoms with van der Waals surface area (Å²) in [5.74, 6) is -0.0656. The van der Waals surface area contributed by atoms with E-state index in [-0.39, 0.29) is 18.4 Å². The lowest BCUT2D eigenvalue weighted by Gasteiger charge is -2.32. The summed E-state index contributed by atoms with van der Waals surface area (Å²) in [4.78, 5) is 1.77. The Hall–Kier alpha value is -1.26. The van der Waals surface area contributed by atoms with Gasteiger partial charge in [0.1, 0.15) is 18.1 Å². The fourth-order valence-corrected chi connectivity index (χ4v) is 1.39. The summed E-state index contributed by atoms with van der Waals surface area (Å²) in [5, 5.41) is 18.7. The first-order chi connectivity index (χ1) is 8.47. The van der Waals surface area contributed by atoms with E-state index >= 15 is 0 Å². The van der Waals surface area contributed by atoms with Crippen molar-refractivity contribution in [2.24, 2.45) is 0 Å². The van der Waals surface area contributed by atoms with Crippen molar-refractivity contribution in [1.29, 1.82) is 0 Å². The molecule has 0 radical (unpaired) electrons. The Morgan fingerprint density at radius 1 is 1.50 bits per heavy atom. The Kier molecular flexibility index (Phi) is 8.16. The maximum Gasteiger partial charge on any atom is 0.218 e. The maximum atomic E-state index is 9.39. The third-order valence-electron chi connectivity index (χ3n) is 2.49. The molecule has 0 saturated heterocycles. The SMILES string of the molecule is C=C=COC(OC(CC)C(=C)O)C(CO)N(C)C. The Balaban J connectivity index is 4.85. The van der Waals surface area contributed by atoms with E-state index in [0.29, 0.717) is 6.42 Å². The van der Waals surface area contributed by atoms with Gasteiger partial charge in [0, 0.05) is 0 Å². The summed E-state index contributed by atoms with van der Waals surface area (Å²) >= 11 is 0. The topological polar surface area (TPSA) is 62.2 Å². The lowest BCUT2D eigenvalue weighted by Crippen LogP contribution is -2.45. The van der Waals surface area contributed by atoms with Crippen molar-refractivity contribution in [2.45, 2.75) is 31.8 Å². The number of aliphatic hydroxyl groups excluding tert-OH is 2. The predicted molar refractivity (Wildman–Crippen MR) is 70.1 cm³/mol. The highest BCUT2D eigenvalue weighted by Crippen LogP contribution is 2.15. The molecule has 2 N–H and O–H groups in total. The minimum absolute atomic E-state index is 0.0656. The molecule has 104 valence electrons. The summed E-state index contributed by atoms with van der Waals surface area (Å²) in [5.41, 5.74) is 2.47. The van der Waals surface area contributed by atoms with E-state index in [9.17, 15) is 10.2 Å². The standard InChI is InChI=1S/C13H23NO4/c1-6-8-17-13(11(9-15)14(4)5)18-12(7-2)10(3)16/h8,11-13,15-16H,1,3,7,9H2,2,4-5H3. The van der Waals surface area contributed by atoms with Crippen LogP contribution in [0.25, 0.3) is 0 Å². The van der Waals surface area contributed by atoms with Crippen LogP contribution in [0.4, 0.5) is 0 Å². The minimum Gasteiger partial charge on any atom is -0.510 e. The first kappa shape index (κ1) is 16.7. The zero-order valence-electron chi connectivity index (χ0n) is 11.3. The summed E-state index contributed by atoms with van der Waals surface area (Å²) < 4.78 is 10.9. The second-order valence-corrected chi connectivity index (χ2v) is 4.06. The molecule has 0 aliphatic heterocycles. The molecule has 0 fully saturated rings. The van der Waals surface area contributed by atoms with Gasteiger partial charge in [0.15, 0.2) is 0 Å². The lowest BCUT2D eigenvalue weighted by atomic mass is 10.2. The van der Waals surface area contributed by atoms with Crippen LogP contribution in [0.15, 0.2) is 30.9 Å². The first-order valence-corrected chi connectivity index (χ1v) is 5.78.